The van der Waals surface area contributed by atoms with Gasteiger partial charge in [-0.15, -0.1) is 0 Å². The molecule has 0 unspecified atom stereocenters. The van der Waals surface area contributed by atoms with E-state index in [9.17, 15) is 20.1 Å². The molecule has 0 fully saturated rings. The second-order valence-electron chi connectivity index (χ2n) is 4.73. The molecule has 0 heterocycles. The van der Waals surface area contributed by atoms with Gasteiger partial charge in [0, 0.05) is 11.1 Å². The number of methoxy groups -OCH3 is 2. The lowest BCUT2D eigenvalue weighted by Gasteiger charge is -2.09. The molecule has 0 saturated carbocycles. The van der Waals surface area contributed by atoms with Crippen molar-refractivity contribution in [3.63, 3.8) is 0 Å². The molecule has 0 N–H and O–H groups in total. The van der Waals surface area contributed by atoms with E-state index in [1.54, 1.807) is 12.1 Å². The number of nitriles is 2. The van der Waals surface area contributed by atoms with Crippen LogP contribution in [0, 0.1) is 22.7 Å². The molecule has 2 aromatic carbocycles. The van der Waals surface area contributed by atoms with Gasteiger partial charge in [0.1, 0.15) is 0 Å². The minimum absolute atomic E-state index is 0.222. The molecular weight excluding hydrogens is 308 g/mol. The van der Waals surface area contributed by atoms with Crippen molar-refractivity contribution in [2.24, 2.45) is 0 Å². The highest BCUT2D eigenvalue weighted by atomic mass is 16.5. The molecule has 0 aliphatic carbocycles. The first kappa shape index (κ1) is 16.7. The molecule has 24 heavy (non-hydrogen) atoms. The van der Waals surface area contributed by atoms with Gasteiger partial charge in [0.05, 0.1) is 48.6 Å². The quantitative estimate of drug-likeness (QED) is 0.806. The smallest absolute Gasteiger partial charge is 0.337 e. The molecule has 6 nitrogen and oxygen atoms in total. The maximum absolute atomic E-state index is 11.6. The van der Waals surface area contributed by atoms with Crippen LogP contribution in [0.15, 0.2) is 36.4 Å². The Kier molecular flexibility index (Phi) is 4.93. The second kappa shape index (κ2) is 7.08. The van der Waals surface area contributed by atoms with Gasteiger partial charge in [-0.3, -0.25) is 0 Å². The summed E-state index contributed by atoms with van der Waals surface area (Å²) < 4.78 is 9.26. The summed E-state index contributed by atoms with van der Waals surface area (Å²) in [6.07, 6.45) is 0. The van der Waals surface area contributed by atoms with Crippen LogP contribution in [-0.2, 0) is 9.47 Å². The number of ether oxygens (including phenoxy) is 2. The third-order valence-electron chi connectivity index (χ3n) is 3.41. The zero-order valence-corrected chi connectivity index (χ0v) is 13.0. The molecule has 0 bridgehead atoms. The minimum Gasteiger partial charge on any atom is -0.465 e. The van der Waals surface area contributed by atoms with Gasteiger partial charge in [-0.2, -0.15) is 10.5 Å². The van der Waals surface area contributed by atoms with Crippen LogP contribution in [0.1, 0.15) is 31.8 Å². The lowest BCUT2D eigenvalue weighted by atomic mass is 9.93. The minimum atomic E-state index is -0.556. The Morgan fingerprint density at radius 3 is 1.46 bits per heavy atom. The molecule has 0 atom stereocenters. The third kappa shape index (κ3) is 3.08. The summed E-state index contributed by atoms with van der Waals surface area (Å²) in [6.45, 7) is 0. The number of benzene rings is 2. The van der Waals surface area contributed by atoms with Gasteiger partial charge in [0.25, 0.3) is 0 Å². The highest BCUT2D eigenvalue weighted by Crippen LogP contribution is 2.28. The van der Waals surface area contributed by atoms with Crippen LogP contribution >= 0.6 is 0 Å². The number of nitrogens with zero attached hydrogens (tertiary/aromatic N) is 2. The fourth-order valence-corrected chi connectivity index (χ4v) is 2.23. The summed E-state index contributed by atoms with van der Waals surface area (Å²) in [5, 5.41) is 18.7. The van der Waals surface area contributed by atoms with E-state index in [0.29, 0.717) is 11.1 Å². The van der Waals surface area contributed by atoms with E-state index in [1.165, 1.54) is 38.5 Å². The van der Waals surface area contributed by atoms with Crippen molar-refractivity contribution in [2.45, 2.75) is 0 Å². The average molecular weight is 320 g/mol. The van der Waals surface area contributed by atoms with Crippen LogP contribution in [-0.4, -0.2) is 26.2 Å². The SMILES string of the molecule is COC(=O)c1ccc(-c2ccc(C(=O)OC)cc2C#N)c(C#N)c1. The molecule has 118 valence electrons. The van der Waals surface area contributed by atoms with Crippen LogP contribution in [0.3, 0.4) is 0 Å². The Balaban J connectivity index is 2.60. The molecule has 0 aliphatic heterocycles. The van der Waals surface area contributed by atoms with Crippen molar-refractivity contribution in [2.75, 3.05) is 14.2 Å². The van der Waals surface area contributed by atoms with Crippen LogP contribution in [0.4, 0.5) is 0 Å². The van der Waals surface area contributed by atoms with E-state index < -0.39 is 11.9 Å². The van der Waals surface area contributed by atoms with Crippen molar-refractivity contribution in [3.05, 3.63) is 58.7 Å². The standard InChI is InChI=1S/C18H12N2O4/c1-23-17(21)11-3-5-15(13(7-11)9-19)16-6-4-12(18(22)24-2)8-14(16)10-20/h3-8H,1-2H3. The Labute approximate surface area is 138 Å². The van der Waals surface area contributed by atoms with Crippen LogP contribution in [0.5, 0.6) is 0 Å². The van der Waals surface area contributed by atoms with Gasteiger partial charge in [-0.05, 0) is 24.3 Å². The Hall–Kier alpha value is -3.64. The molecule has 6 heteroatoms. The number of esters is 2. The number of carbonyl (C=O) groups excluding carboxylic acids is 2. The summed E-state index contributed by atoms with van der Waals surface area (Å²) in [6, 6.07) is 13.0. The molecule has 0 aromatic heterocycles. The van der Waals surface area contributed by atoms with E-state index in [1.807, 2.05) is 12.1 Å². The van der Waals surface area contributed by atoms with Gasteiger partial charge < -0.3 is 9.47 Å². The first-order valence-electron chi connectivity index (χ1n) is 6.81. The summed E-state index contributed by atoms with van der Waals surface area (Å²) in [7, 11) is 2.50. The van der Waals surface area contributed by atoms with Gasteiger partial charge in [0.2, 0.25) is 0 Å². The third-order valence-corrected chi connectivity index (χ3v) is 3.41. The van der Waals surface area contributed by atoms with Gasteiger partial charge in [-0.1, -0.05) is 12.1 Å². The predicted octanol–water partition coefficient (Wildman–Crippen LogP) is 2.67. The Morgan fingerprint density at radius 2 is 1.17 bits per heavy atom. The zero-order chi connectivity index (χ0) is 17.7. The lowest BCUT2D eigenvalue weighted by molar-refractivity contribution is 0.0592. The average Bonchev–Trinajstić information content (AvgIpc) is 2.65. The zero-order valence-electron chi connectivity index (χ0n) is 13.0. The number of carbonyl (C=O) groups is 2. The summed E-state index contributed by atoms with van der Waals surface area (Å²) in [4.78, 5) is 23.1. The predicted molar refractivity (Wildman–Crippen MR) is 84.0 cm³/mol. The van der Waals surface area contributed by atoms with E-state index in [4.69, 9.17) is 0 Å². The van der Waals surface area contributed by atoms with E-state index >= 15 is 0 Å². The normalized spacial score (nSPS) is 9.50. The van der Waals surface area contributed by atoms with Crippen LogP contribution < -0.4 is 0 Å². The molecule has 0 amide bonds. The monoisotopic (exact) mass is 320 g/mol. The highest BCUT2D eigenvalue weighted by molar-refractivity contribution is 5.93. The first-order valence-corrected chi connectivity index (χ1v) is 6.81. The topological polar surface area (TPSA) is 100 Å². The van der Waals surface area contributed by atoms with Gasteiger partial charge >= 0.3 is 11.9 Å². The van der Waals surface area contributed by atoms with E-state index in [0.717, 1.165) is 0 Å². The number of hydrogen-bond donors (Lipinski definition) is 0. The highest BCUT2D eigenvalue weighted by Gasteiger charge is 2.15. The molecule has 0 radical (unpaired) electrons. The van der Waals surface area contributed by atoms with Crippen molar-refractivity contribution < 1.29 is 19.1 Å². The maximum atomic E-state index is 11.6. The Morgan fingerprint density at radius 1 is 0.792 bits per heavy atom. The largest absolute Gasteiger partial charge is 0.465 e. The summed E-state index contributed by atoms with van der Waals surface area (Å²) in [5.74, 6) is -1.11. The number of rotatable bonds is 3. The van der Waals surface area contributed by atoms with Gasteiger partial charge in [0.15, 0.2) is 0 Å². The fraction of sp³-hybridized carbons (Fsp3) is 0.111. The summed E-state index contributed by atoms with van der Waals surface area (Å²) in [5.41, 5.74) is 1.89. The van der Waals surface area contributed by atoms with Crippen molar-refractivity contribution >= 4 is 11.9 Å². The first-order chi connectivity index (χ1) is 11.5. The lowest BCUT2D eigenvalue weighted by Crippen LogP contribution is -2.03. The van der Waals surface area contributed by atoms with Crippen molar-refractivity contribution in [3.8, 4) is 23.3 Å². The molecule has 2 aromatic rings. The van der Waals surface area contributed by atoms with Crippen LogP contribution in [0.2, 0.25) is 0 Å². The fourth-order valence-electron chi connectivity index (χ4n) is 2.23. The maximum Gasteiger partial charge on any atom is 0.337 e. The van der Waals surface area contributed by atoms with E-state index in [2.05, 4.69) is 9.47 Å². The van der Waals surface area contributed by atoms with Crippen LogP contribution in [0.25, 0.3) is 11.1 Å². The van der Waals surface area contributed by atoms with Gasteiger partial charge in [-0.25, -0.2) is 9.59 Å². The number of hydrogen-bond acceptors (Lipinski definition) is 6. The Bertz CT molecular complexity index is 829. The molecule has 2 rings (SSSR count). The van der Waals surface area contributed by atoms with Crippen molar-refractivity contribution in [1.29, 1.82) is 10.5 Å². The van der Waals surface area contributed by atoms with E-state index in [-0.39, 0.29) is 22.3 Å². The molecule has 0 aliphatic rings. The second-order valence-corrected chi connectivity index (χ2v) is 4.73. The summed E-state index contributed by atoms with van der Waals surface area (Å²) >= 11 is 0. The molecule has 0 spiro atoms. The molecule has 0 saturated heterocycles. The molecular formula is C18H12N2O4. The van der Waals surface area contributed by atoms with Crippen molar-refractivity contribution in [1.82, 2.24) is 0 Å².